The van der Waals surface area contributed by atoms with E-state index in [2.05, 4.69) is 31.0 Å². The van der Waals surface area contributed by atoms with Gasteiger partial charge in [-0.3, -0.25) is 0 Å². The topological polar surface area (TPSA) is 15.3 Å². The Bertz CT molecular complexity index is 168. The molecule has 1 aliphatic heterocycles. The van der Waals surface area contributed by atoms with Crippen LogP contribution in [0.1, 0.15) is 59.3 Å². The molecule has 0 aromatic carbocycles. The van der Waals surface area contributed by atoms with Crippen molar-refractivity contribution < 1.29 is 0 Å². The lowest BCUT2D eigenvalue weighted by Crippen LogP contribution is -2.40. The zero-order valence-electron chi connectivity index (χ0n) is 12.2. The first-order chi connectivity index (χ1) is 8.30. The number of hydrogen-bond donors (Lipinski definition) is 1. The fraction of sp³-hybridized carbons (Fsp3) is 1.00. The molecule has 0 aliphatic carbocycles. The van der Waals surface area contributed by atoms with E-state index in [0.717, 1.165) is 12.0 Å². The summed E-state index contributed by atoms with van der Waals surface area (Å²) >= 11 is 0. The molecule has 1 rings (SSSR count). The van der Waals surface area contributed by atoms with Gasteiger partial charge >= 0.3 is 0 Å². The van der Waals surface area contributed by atoms with Gasteiger partial charge in [-0.1, -0.05) is 40.0 Å². The van der Waals surface area contributed by atoms with Gasteiger partial charge in [0.1, 0.15) is 0 Å². The van der Waals surface area contributed by atoms with Crippen molar-refractivity contribution >= 4 is 0 Å². The van der Waals surface area contributed by atoms with Gasteiger partial charge in [-0.05, 0) is 38.3 Å². The normalized spacial score (nSPS) is 20.6. The van der Waals surface area contributed by atoms with Gasteiger partial charge in [-0.25, -0.2) is 0 Å². The molecule has 0 saturated carbocycles. The quantitative estimate of drug-likeness (QED) is 0.665. The molecule has 0 radical (unpaired) electrons. The van der Waals surface area contributed by atoms with E-state index in [1.165, 1.54) is 64.7 Å². The Morgan fingerprint density at radius 2 is 2.00 bits per heavy atom. The van der Waals surface area contributed by atoms with E-state index in [1.54, 1.807) is 0 Å². The van der Waals surface area contributed by atoms with Crippen molar-refractivity contribution in [3.8, 4) is 0 Å². The number of hydrogen-bond acceptors (Lipinski definition) is 2. The van der Waals surface area contributed by atoms with Gasteiger partial charge in [0.25, 0.3) is 0 Å². The molecule has 1 unspecified atom stereocenters. The molecule has 1 N–H and O–H groups in total. The molecular formula is C15H32N2. The first kappa shape index (κ1) is 15.0. The number of rotatable bonds is 9. The van der Waals surface area contributed by atoms with Crippen LogP contribution in [0.25, 0.3) is 0 Å². The van der Waals surface area contributed by atoms with Crippen molar-refractivity contribution in [2.24, 2.45) is 5.92 Å². The van der Waals surface area contributed by atoms with Crippen molar-refractivity contribution in [1.82, 2.24) is 10.2 Å². The number of nitrogens with one attached hydrogen (secondary N) is 1. The minimum atomic E-state index is 0.765. The van der Waals surface area contributed by atoms with Crippen LogP contribution in [0.15, 0.2) is 0 Å². The third kappa shape index (κ3) is 5.87. The largest absolute Gasteiger partial charge is 0.313 e. The van der Waals surface area contributed by atoms with E-state index in [9.17, 15) is 0 Å². The van der Waals surface area contributed by atoms with E-state index in [0.29, 0.717) is 0 Å². The van der Waals surface area contributed by atoms with E-state index < -0.39 is 0 Å². The van der Waals surface area contributed by atoms with Crippen molar-refractivity contribution in [3.63, 3.8) is 0 Å². The van der Waals surface area contributed by atoms with Crippen LogP contribution in [-0.4, -0.2) is 37.1 Å². The lowest BCUT2D eigenvalue weighted by atomic mass is 10.0. The fourth-order valence-corrected chi connectivity index (χ4v) is 2.78. The predicted octanol–water partition coefficient (Wildman–Crippen LogP) is 3.28. The number of unbranched alkanes of at least 4 members (excludes halogenated alkanes) is 1. The predicted molar refractivity (Wildman–Crippen MR) is 76.4 cm³/mol. The first-order valence-corrected chi connectivity index (χ1v) is 7.75. The van der Waals surface area contributed by atoms with Crippen molar-refractivity contribution in [2.45, 2.75) is 65.3 Å². The highest BCUT2D eigenvalue weighted by molar-refractivity contribution is 4.78. The third-order valence-electron chi connectivity index (χ3n) is 4.14. The summed E-state index contributed by atoms with van der Waals surface area (Å²) in [5.74, 6) is 0.897. The molecule has 1 atom stereocenters. The molecule has 17 heavy (non-hydrogen) atoms. The van der Waals surface area contributed by atoms with Crippen LogP contribution in [0, 0.1) is 5.92 Å². The van der Waals surface area contributed by atoms with Crippen LogP contribution in [0.3, 0.4) is 0 Å². The van der Waals surface area contributed by atoms with Crippen LogP contribution < -0.4 is 5.32 Å². The maximum absolute atomic E-state index is 3.63. The molecule has 1 fully saturated rings. The average molecular weight is 240 g/mol. The van der Waals surface area contributed by atoms with Crippen LogP contribution in [0.5, 0.6) is 0 Å². The summed E-state index contributed by atoms with van der Waals surface area (Å²) in [6.07, 6.45) is 8.08. The molecule has 2 nitrogen and oxygen atoms in total. The summed E-state index contributed by atoms with van der Waals surface area (Å²) in [6, 6.07) is 0.765. The zero-order chi connectivity index (χ0) is 12.5. The summed E-state index contributed by atoms with van der Waals surface area (Å²) in [6.45, 7) is 12.1. The van der Waals surface area contributed by atoms with Crippen LogP contribution in [0.2, 0.25) is 0 Å². The maximum Gasteiger partial charge on any atom is 0.0195 e. The van der Waals surface area contributed by atoms with Gasteiger partial charge in [0.2, 0.25) is 0 Å². The molecule has 1 heterocycles. The lowest BCUT2D eigenvalue weighted by molar-refractivity contribution is 0.204. The van der Waals surface area contributed by atoms with Crippen LogP contribution >= 0.6 is 0 Å². The van der Waals surface area contributed by atoms with Crippen LogP contribution in [0.4, 0.5) is 0 Å². The molecule has 0 spiro atoms. The highest BCUT2D eigenvalue weighted by Gasteiger charge is 2.19. The van der Waals surface area contributed by atoms with E-state index in [-0.39, 0.29) is 0 Å². The second-order valence-electron chi connectivity index (χ2n) is 5.59. The zero-order valence-corrected chi connectivity index (χ0v) is 12.2. The van der Waals surface area contributed by atoms with Gasteiger partial charge in [0, 0.05) is 19.1 Å². The first-order valence-electron chi connectivity index (χ1n) is 7.75. The molecule has 0 aromatic heterocycles. The van der Waals surface area contributed by atoms with Gasteiger partial charge in [-0.15, -0.1) is 0 Å². The molecule has 2 heteroatoms. The van der Waals surface area contributed by atoms with E-state index in [4.69, 9.17) is 0 Å². The van der Waals surface area contributed by atoms with Crippen molar-refractivity contribution in [2.75, 3.05) is 26.2 Å². The van der Waals surface area contributed by atoms with Crippen molar-refractivity contribution in [3.05, 3.63) is 0 Å². The van der Waals surface area contributed by atoms with Crippen LogP contribution in [-0.2, 0) is 0 Å². The van der Waals surface area contributed by atoms with E-state index in [1.807, 2.05) is 0 Å². The Balaban J connectivity index is 2.34. The van der Waals surface area contributed by atoms with E-state index >= 15 is 0 Å². The smallest absolute Gasteiger partial charge is 0.0195 e. The second-order valence-corrected chi connectivity index (χ2v) is 5.59. The maximum atomic E-state index is 3.63. The Hall–Kier alpha value is -0.0800. The number of nitrogens with zero attached hydrogens (tertiary/aromatic N) is 1. The second kappa shape index (κ2) is 8.93. The van der Waals surface area contributed by atoms with Gasteiger partial charge in [0.05, 0.1) is 0 Å². The Kier molecular flexibility index (Phi) is 7.87. The van der Waals surface area contributed by atoms with Gasteiger partial charge in [0.15, 0.2) is 0 Å². The van der Waals surface area contributed by atoms with Crippen molar-refractivity contribution in [1.29, 1.82) is 0 Å². The molecule has 102 valence electrons. The van der Waals surface area contributed by atoms with Gasteiger partial charge in [-0.2, -0.15) is 0 Å². The highest BCUT2D eigenvalue weighted by Crippen LogP contribution is 2.13. The Labute approximate surface area is 108 Å². The summed E-state index contributed by atoms with van der Waals surface area (Å²) in [5, 5.41) is 3.63. The van der Waals surface area contributed by atoms with Gasteiger partial charge < -0.3 is 10.2 Å². The minimum Gasteiger partial charge on any atom is -0.313 e. The summed E-state index contributed by atoms with van der Waals surface area (Å²) in [5.41, 5.74) is 0. The summed E-state index contributed by atoms with van der Waals surface area (Å²) in [4.78, 5) is 2.71. The average Bonchev–Trinajstić information content (AvgIpc) is 2.85. The highest BCUT2D eigenvalue weighted by atomic mass is 15.2. The Morgan fingerprint density at radius 1 is 1.24 bits per heavy atom. The molecular weight excluding hydrogens is 208 g/mol. The molecule has 1 aliphatic rings. The minimum absolute atomic E-state index is 0.765. The molecule has 0 amide bonds. The third-order valence-corrected chi connectivity index (χ3v) is 4.14. The molecule has 1 saturated heterocycles. The standard InChI is InChI=1S/C15H32N2/c1-4-7-11-17(12-14(5-2)6-3)13-15-9-8-10-16-15/h14-16H,4-13H2,1-3H3. The monoisotopic (exact) mass is 240 g/mol. The fourth-order valence-electron chi connectivity index (χ4n) is 2.78. The molecule has 0 aromatic rings. The lowest BCUT2D eigenvalue weighted by Gasteiger charge is -2.29. The Morgan fingerprint density at radius 3 is 2.53 bits per heavy atom. The SMILES string of the molecule is CCCCN(CC(CC)CC)CC1CCCN1. The molecule has 0 bridgehead atoms. The summed E-state index contributed by atoms with van der Waals surface area (Å²) < 4.78 is 0. The summed E-state index contributed by atoms with van der Waals surface area (Å²) in [7, 11) is 0.